The molecule has 0 saturated carbocycles. The molecule has 0 saturated heterocycles. The van der Waals surface area contributed by atoms with Gasteiger partial charge in [-0.3, -0.25) is 9.59 Å². The van der Waals surface area contributed by atoms with Crippen molar-refractivity contribution >= 4 is 27.9 Å². The average molecular weight is 356 g/mol. The Hall–Kier alpha value is -2.42. The van der Waals surface area contributed by atoms with E-state index in [-0.39, 0.29) is 24.2 Å². The first kappa shape index (κ1) is 19.6. The van der Waals surface area contributed by atoms with Crippen LogP contribution in [0.25, 0.3) is 0 Å². The minimum Gasteiger partial charge on any atom is -0.370 e. The van der Waals surface area contributed by atoms with Crippen molar-refractivity contribution in [1.82, 2.24) is 5.32 Å². The Labute approximate surface area is 140 Å². The number of hydrogen-bond acceptors (Lipinski definition) is 6. The highest BCUT2D eigenvalue weighted by Crippen LogP contribution is 2.15. The smallest absolute Gasteiger partial charge is 0.344 e. The second-order valence-corrected chi connectivity index (χ2v) is 6.69. The fraction of sp³-hybridized carbons (Fsp3) is 0.400. The van der Waals surface area contributed by atoms with Crippen LogP contribution in [0.1, 0.15) is 31.7 Å². The van der Waals surface area contributed by atoms with Gasteiger partial charge < -0.3 is 15.2 Å². The number of aryl methyl sites for hydroxylation is 1. The molecule has 132 valence electrons. The van der Waals surface area contributed by atoms with Crippen LogP contribution < -0.4 is 11.1 Å². The highest BCUT2D eigenvalue weighted by molar-refractivity contribution is 7.87. The predicted molar refractivity (Wildman–Crippen MR) is 85.1 cm³/mol. The number of nitrogens with one attached hydrogen (secondary N) is 1. The van der Waals surface area contributed by atoms with Crippen molar-refractivity contribution in [3.63, 3.8) is 0 Å². The van der Waals surface area contributed by atoms with E-state index in [2.05, 4.69) is 9.50 Å². The van der Waals surface area contributed by atoms with Crippen molar-refractivity contribution in [1.29, 1.82) is 0 Å². The fourth-order valence-electron chi connectivity index (χ4n) is 1.75. The van der Waals surface area contributed by atoms with E-state index in [1.165, 1.54) is 12.1 Å². The standard InChI is InChI=1S/C15H20N2O6S/c1-3-14(19)17-12(8-9-13(16)18)15(20)23-24(21,22)11-6-4-10(2)5-7-11/h4-7,12H,3,8-9H2,1-2H3,(H2,16,18)(H,17,19)/t12-/m0/s1. The zero-order valence-corrected chi connectivity index (χ0v) is 14.3. The summed E-state index contributed by atoms with van der Waals surface area (Å²) < 4.78 is 28.8. The van der Waals surface area contributed by atoms with Gasteiger partial charge >= 0.3 is 16.1 Å². The Bertz CT molecular complexity index is 712. The molecular weight excluding hydrogens is 336 g/mol. The number of carbonyl (C=O) groups is 3. The van der Waals surface area contributed by atoms with E-state index in [9.17, 15) is 22.8 Å². The summed E-state index contributed by atoms with van der Waals surface area (Å²) in [5, 5.41) is 2.32. The molecule has 0 aliphatic carbocycles. The number of nitrogens with two attached hydrogens (primary N) is 1. The molecule has 1 rings (SSSR count). The SMILES string of the molecule is CCC(=O)N[C@@H](CCC(N)=O)C(=O)OS(=O)(=O)c1ccc(C)cc1. The topological polar surface area (TPSA) is 133 Å². The van der Waals surface area contributed by atoms with Crippen molar-refractivity contribution in [2.24, 2.45) is 5.73 Å². The minimum absolute atomic E-state index is 0.0884. The van der Waals surface area contributed by atoms with Gasteiger partial charge in [-0.1, -0.05) is 24.6 Å². The van der Waals surface area contributed by atoms with E-state index in [0.717, 1.165) is 5.56 Å². The lowest BCUT2D eigenvalue weighted by atomic mass is 10.1. The molecule has 2 amide bonds. The van der Waals surface area contributed by atoms with E-state index in [4.69, 9.17) is 5.73 Å². The number of benzene rings is 1. The maximum absolute atomic E-state index is 12.1. The molecule has 0 radical (unpaired) electrons. The van der Waals surface area contributed by atoms with Gasteiger partial charge in [-0.2, -0.15) is 8.42 Å². The van der Waals surface area contributed by atoms with Crippen molar-refractivity contribution in [3.05, 3.63) is 29.8 Å². The van der Waals surface area contributed by atoms with Gasteiger partial charge in [-0.25, -0.2) is 4.79 Å². The normalized spacial score (nSPS) is 12.2. The highest BCUT2D eigenvalue weighted by atomic mass is 32.2. The molecule has 0 unspecified atom stereocenters. The number of carbonyl (C=O) groups excluding carboxylic acids is 3. The van der Waals surface area contributed by atoms with Crippen molar-refractivity contribution < 1.29 is 27.0 Å². The van der Waals surface area contributed by atoms with Crippen LogP contribution in [0, 0.1) is 6.92 Å². The molecule has 24 heavy (non-hydrogen) atoms. The summed E-state index contributed by atoms with van der Waals surface area (Å²) in [5.74, 6) is -2.33. The van der Waals surface area contributed by atoms with Gasteiger partial charge in [0, 0.05) is 12.8 Å². The molecule has 1 atom stereocenters. The zero-order chi connectivity index (χ0) is 18.3. The van der Waals surface area contributed by atoms with Crippen LogP contribution in [-0.2, 0) is 28.7 Å². The summed E-state index contributed by atoms with van der Waals surface area (Å²) in [7, 11) is -4.32. The summed E-state index contributed by atoms with van der Waals surface area (Å²) in [6, 6.07) is 4.46. The molecule has 1 aromatic carbocycles. The number of amides is 2. The fourth-order valence-corrected chi connectivity index (χ4v) is 2.65. The lowest BCUT2D eigenvalue weighted by Gasteiger charge is -2.16. The average Bonchev–Trinajstić information content (AvgIpc) is 2.50. The molecule has 8 nitrogen and oxygen atoms in total. The van der Waals surface area contributed by atoms with Crippen molar-refractivity contribution in [2.75, 3.05) is 0 Å². The Morgan fingerprint density at radius 1 is 1.21 bits per heavy atom. The van der Waals surface area contributed by atoms with Gasteiger partial charge in [0.2, 0.25) is 11.8 Å². The number of hydrogen-bond donors (Lipinski definition) is 2. The van der Waals surface area contributed by atoms with Crippen molar-refractivity contribution in [3.8, 4) is 0 Å². The van der Waals surface area contributed by atoms with Crippen LogP contribution in [0.5, 0.6) is 0 Å². The third-order valence-electron chi connectivity index (χ3n) is 3.12. The highest BCUT2D eigenvalue weighted by Gasteiger charge is 2.28. The van der Waals surface area contributed by atoms with Gasteiger partial charge in [0.15, 0.2) is 0 Å². The molecule has 1 aromatic rings. The second-order valence-electron chi connectivity index (χ2n) is 5.15. The Kier molecular flexibility index (Phi) is 6.90. The summed E-state index contributed by atoms with van der Waals surface area (Å²) in [4.78, 5) is 34.2. The molecule has 3 N–H and O–H groups in total. The van der Waals surface area contributed by atoms with Gasteiger partial charge in [0.25, 0.3) is 0 Å². The van der Waals surface area contributed by atoms with E-state index < -0.39 is 33.9 Å². The van der Waals surface area contributed by atoms with Gasteiger partial charge in [0.05, 0.1) is 0 Å². The van der Waals surface area contributed by atoms with Crippen LogP contribution in [0.2, 0.25) is 0 Å². The van der Waals surface area contributed by atoms with E-state index >= 15 is 0 Å². The van der Waals surface area contributed by atoms with Crippen LogP contribution in [-0.4, -0.2) is 32.2 Å². The first-order valence-electron chi connectivity index (χ1n) is 7.28. The van der Waals surface area contributed by atoms with E-state index in [0.29, 0.717) is 0 Å². The minimum atomic E-state index is -4.32. The Morgan fingerprint density at radius 3 is 2.29 bits per heavy atom. The summed E-state index contributed by atoms with van der Waals surface area (Å²) >= 11 is 0. The number of primary amides is 1. The monoisotopic (exact) mass is 356 g/mol. The Morgan fingerprint density at radius 2 is 1.79 bits per heavy atom. The molecule has 0 heterocycles. The molecule has 0 aromatic heterocycles. The Balaban J connectivity index is 2.90. The quantitative estimate of drug-likeness (QED) is 0.647. The molecule has 0 fully saturated rings. The van der Waals surface area contributed by atoms with E-state index in [1.54, 1.807) is 26.0 Å². The molecule has 0 aliphatic heterocycles. The van der Waals surface area contributed by atoms with Crippen LogP contribution >= 0.6 is 0 Å². The largest absolute Gasteiger partial charge is 0.370 e. The summed E-state index contributed by atoms with van der Waals surface area (Å²) in [6.45, 7) is 3.34. The molecule has 0 bridgehead atoms. The lowest BCUT2D eigenvalue weighted by molar-refractivity contribution is -0.139. The van der Waals surface area contributed by atoms with E-state index in [1.807, 2.05) is 0 Å². The third-order valence-corrected chi connectivity index (χ3v) is 4.35. The molecule has 9 heteroatoms. The predicted octanol–water partition coefficient (Wildman–Crippen LogP) is 0.387. The van der Waals surface area contributed by atoms with Gasteiger partial charge in [-0.15, -0.1) is 0 Å². The van der Waals surface area contributed by atoms with Crippen LogP contribution in [0.3, 0.4) is 0 Å². The third kappa shape index (κ3) is 5.99. The maximum Gasteiger partial charge on any atom is 0.344 e. The summed E-state index contributed by atoms with van der Waals surface area (Å²) in [5.41, 5.74) is 5.86. The maximum atomic E-state index is 12.1. The van der Waals surface area contributed by atoms with Gasteiger partial charge in [0.1, 0.15) is 10.9 Å². The lowest BCUT2D eigenvalue weighted by Crippen LogP contribution is -2.42. The zero-order valence-electron chi connectivity index (χ0n) is 13.4. The van der Waals surface area contributed by atoms with Crippen molar-refractivity contribution in [2.45, 2.75) is 44.0 Å². The number of rotatable bonds is 8. The molecular formula is C15H20N2O6S. The second kappa shape index (κ2) is 8.44. The first-order chi connectivity index (χ1) is 11.2. The first-order valence-corrected chi connectivity index (χ1v) is 8.69. The van der Waals surface area contributed by atoms with Gasteiger partial charge in [-0.05, 0) is 25.5 Å². The summed E-state index contributed by atoms with van der Waals surface area (Å²) in [6.07, 6.45) is -0.261. The van der Waals surface area contributed by atoms with Crippen LogP contribution in [0.15, 0.2) is 29.2 Å². The molecule has 0 aliphatic rings. The molecule has 0 spiro atoms. The van der Waals surface area contributed by atoms with Crippen LogP contribution in [0.4, 0.5) is 0 Å².